The lowest BCUT2D eigenvalue weighted by Crippen LogP contribution is -2.34. The Kier molecular flexibility index (Phi) is 3.16. The summed E-state index contributed by atoms with van der Waals surface area (Å²) in [6.45, 7) is 2.29. The number of hydrogen-bond acceptors (Lipinski definition) is 1. The van der Waals surface area contributed by atoms with Crippen LogP contribution in [0.3, 0.4) is 0 Å². The molecule has 2 aliphatic rings. The van der Waals surface area contributed by atoms with Gasteiger partial charge in [0.05, 0.1) is 0 Å². The van der Waals surface area contributed by atoms with Crippen LogP contribution >= 0.6 is 15.9 Å². The van der Waals surface area contributed by atoms with E-state index in [2.05, 4.69) is 69.8 Å². The van der Waals surface area contributed by atoms with Crippen molar-refractivity contribution in [3.8, 4) is 0 Å². The van der Waals surface area contributed by atoms with Crippen LogP contribution in [0.15, 0.2) is 53.0 Å². The number of fused-ring (bicyclic) bond motifs is 3. The van der Waals surface area contributed by atoms with E-state index in [0.29, 0.717) is 11.8 Å². The van der Waals surface area contributed by atoms with Crippen LogP contribution < -0.4 is 5.32 Å². The zero-order valence-electron chi connectivity index (χ0n) is 11.4. The van der Waals surface area contributed by atoms with Crippen LogP contribution in [0.25, 0.3) is 0 Å². The Morgan fingerprint density at radius 2 is 1.70 bits per heavy atom. The van der Waals surface area contributed by atoms with Gasteiger partial charge < -0.3 is 5.32 Å². The molecule has 0 saturated carbocycles. The fraction of sp³-hybridized carbons (Fsp3) is 0.333. The van der Waals surface area contributed by atoms with Gasteiger partial charge in [-0.1, -0.05) is 52.3 Å². The van der Waals surface area contributed by atoms with E-state index in [9.17, 15) is 0 Å². The Hall–Kier alpha value is -1.12. The zero-order chi connectivity index (χ0) is 13.5. The maximum Gasteiger partial charge on any atom is 0.0175 e. The van der Waals surface area contributed by atoms with Crippen LogP contribution in [-0.4, -0.2) is 13.1 Å². The molecule has 20 heavy (non-hydrogen) atoms. The van der Waals surface area contributed by atoms with Crippen molar-refractivity contribution in [1.29, 1.82) is 0 Å². The van der Waals surface area contributed by atoms with Crippen LogP contribution in [0, 0.1) is 5.92 Å². The predicted octanol–water partition coefficient (Wildman–Crippen LogP) is 4.29. The van der Waals surface area contributed by atoms with Crippen LogP contribution in [0.4, 0.5) is 0 Å². The Morgan fingerprint density at radius 1 is 0.950 bits per heavy atom. The molecule has 0 spiro atoms. The summed E-state index contributed by atoms with van der Waals surface area (Å²) in [4.78, 5) is 0. The molecule has 0 amide bonds. The van der Waals surface area contributed by atoms with E-state index < -0.39 is 0 Å². The molecule has 2 heteroatoms. The summed E-state index contributed by atoms with van der Waals surface area (Å²) in [5.74, 6) is 2.02. The molecule has 1 nitrogen and oxygen atoms in total. The van der Waals surface area contributed by atoms with E-state index in [1.54, 1.807) is 11.1 Å². The lowest BCUT2D eigenvalue weighted by Gasteiger charge is -2.30. The highest BCUT2D eigenvalue weighted by Crippen LogP contribution is 2.51. The van der Waals surface area contributed by atoms with E-state index in [-0.39, 0.29) is 0 Å². The maximum atomic E-state index is 3.57. The minimum atomic E-state index is 0.575. The average Bonchev–Trinajstić information content (AvgIpc) is 2.83. The molecule has 2 aromatic rings. The van der Waals surface area contributed by atoms with Crippen molar-refractivity contribution in [2.75, 3.05) is 13.1 Å². The predicted molar refractivity (Wildman–Crippen MR) is 86.1 cm³/mol. The van der Waals surface area contributed by atoms with Gasteiger partial charge in [-0.05, 0) is 47.7 Å². The Labute approximate surface area is 128 Å². The zero-order valence-corrected chi connectivity index (χ0v) is 12.9. The molecular weight excluding hydrogens is 310 g/mol. The van der Waals surface area contributed by atoms with Crippen LogP contribution in [-0.2, 0) is 0 Å². The second kappa shape index (κ2) is 5.01. The minimum absolute atomic E-state index is 0.575. The molecule has 1 saturated heterocycles. The summed E-state index contributed by atoms with van der Waals surface area (Å²) in [5, 5.41) is 3.57. The van der Waals surface area contributed by atoms with Gasteiger partial charge in [0.15, 0.2) is 0 Å². The number of piperidine rings is 1. The molecule has 3 atom stereocenters. The van der Waals surface area contributed by atoms with Crippen molar-refractivity contribution in [2.24, 2.45) is 5.92 Å². The molecule has 1 aliphatic heterocycles. The van der Waals surface area contributed by atoms with Gasteiger partial charge in [0.2, 0.25) is 0 Å². The third-order valence-electron chi connectivity index (χ3n) is 4.92. The van der Waals surface area contributed by atoms with Crippen molar-refractivity contribution in [1.82, 2.24) is 5.32 Å². The van der Waals surface area contributed by atoms with E-state index in [1.807, 2.05) is 0 Å². The number of halogens is 1. The van der Waals surface area contributed by atoms with E-state index in [1.165, 1.54) is 12.0 Å². The van der Waals surface area contributed by atoms with E-state index in [4.69, 9.17) is 0 Å². The molecule has 1 fully saturated rings. The molecular formula is C18H18BrN. The molecule has 1 aliphatic carbocycles. The molecule has 2 aromatic carbocycles. The SMILES string of the molecule is Brc1ccc(C2c3ccccc3C3CNCCC32)cc1. The number of hydrogen-bond donors (Lipinski definition) is 1. The van der Waals surface area contributed by atoms with Crippen molar-refractivity contribution in [3.05, 3.63) is 69.7 Å². The third kappa shape index (κ3) is 1.94. The molecule has 3 unspecified atom stereocenters. The van der Waals surface area contributed by atoms with Crippen molar-refractivity contribution < 1.29 is 0 Å². The standard InChI is InChI=1S/C18H18BrN/c19-13-7-5-12(6-8-13)18-15-4-2-1-3-14(15)17-11-20-10-9-16(17)18/h1-8,16-18,20H,9-11H2. The molecule has 0 bridgehead atoms. The lowest BCUT2D eigenvalue weighted by molar-refractivity contribution is 0.324. The Morgan fingerprint density at radius 3 is 2.50 bits per heavy atom. The Balaban J connectivity index is 1.83. The first-order chi connectivity index (χ1) is 9.84. The minimum Gasteiger partial charge on any atom is -0.316 e. The molecule has 0 radical (unpaired) electrons. The Bertz CT molecular complexity index is 620. The monoisotopic (exact) mass is 327 g/mol. The molecule has 4 rings (SSSR count). The summed E-state index contributed by atoms with van der Waals surface area (Å²) in [6, 6.07) is 18.0. The topological polar surface area (TPSA) is 12.0 Å². The van der Waals surface area contributed by atoms with Gasteiger partial charge >= 0.3 is 0 Å². The van der Waals surface area contributed by atoms with Crippen LogP contribution in [0.5, 0.6) is 0 Å². The van der Waals surface area contributed by atoms with Crippen molar-refractivity contribution in [2.45, 2.75) is 18.3 Å². The highest BCUT2D eigenvalue weighted by atomic mass is 79.9. The maximum absolute atomic E-state index is 3.57. The number of nitrogens with one attached hydrogen (secondary N) is 1. The average molecular weight is 328 g/mol. The van der Waals surface area contributed by atoms with Crippen LogP contribution in [0.1, 0.15) is 34.9 Å². The summed E-state index contributed by atoms with van der Waals surface area (Å²) in [7, 11) is 0. The van der Waals surface area contributed by atoms with Crippen molar-refractivity contribution >= 4 is 15.9 Å². The fourth-order valence-corrected chi connectivity index (χ4v) is 4.34. The highest BCUT2D eigenvalue weighted by molar-refractivity contribution is 9.10. The lowest BCUT2D eigenvalue weighted by atomic mass is 9.79. The number of rotatable bonds is 1. The summed E-state index contributed by atoms with van der Waals surface area (Å²) in [6.07, 6.45) is 1.28. The second-order valence-corrected chi connectivity index (χ2v) is 6.84. The third-order valence-corrected chi connectivity index (χ3v) is 5.45. The summed E-state index contributed by atoms with van der Waals surface area (Å²) >= 11 is 3.54. The summed E-state index contributed by atoms with van der Waals surface area (Å²) < 4.78 is 1.16. The quantitative estimate of drug-likeness (QED) is 0.823. The van der Waals surface area contributed by atoms with Gasteiger partial charge in [0.1, 0.15) is 0 Å². The molecule has 1 N–H and O–H groups in total. The van der Waals surface area contributed by atoms with E-state index in [0.717, 1.165) is 23.5 Å². The second-order valence-electron chi connectivity index (χ2n) is 5.92. The van der Waals surface area contributed by atoms with Gasteiger partial charge in [-0.3, -0.25) is 0 Å². The fourth-order valence-electron chi connectivity index (χ4n) is 4.08. The van der Waals surface area contributed by atoms with Gasteiger partial charge in [-0.15, -0.1) is 0 Å². The largest absolute Gasteiger partial charge is 0.316 e. The highest BCUT2D eigenvalue weighted by Gasteiger charge is 2.41. The smallest absolute Gasteiger partial charge is 0.0175 e. The molecule has 1 heterocycles. The van der Waals surface area contributed by atoms with E-state index >= 15 is 0 Å². The summed E-state index contributed by atoms with van der Waals surface area (Å²) in [5.41, 5.74) is 4.58. The number of benzene rings is 2. The van der Waals surface area contributed by atoms with Crippen molar-refractivity contribution in [3.63, 3.8) is 0 Å². The van der Waals surface area contributed by atoms with Gasteiger partial charge in [-0.25, -0.2) is 0 Å². The molecule has 0 aromatic heterocycles. The first kappa shape index (κ1) is 12.6. The normalized spacial score (nSPS) is 27.9. The molecule has 102 valence electrons. The van der Waals surface area contributed by atoms with Gasteiger partial charge in [0, 0.05) is 22.9 Å². The van der Waals surface area contributed by atoms with Crippen LogP contribution in [0.2, 0.25) is 0 Å². The van der Waals surface area contributed by atoms with Gasteiger partial charge in [0.25, 0.3) is 0 Å². The van der Waals surface area contributed by atoms with Gasteiger partial charge in [-0.2, -0.15) is 0 Å². The first-order valence-electron chi connectivity index (χ1n) is 7.39. The first-order valence-corrected chi connectivity index (χ1v) is 8.19.